The molecule has 0 fully saturated rings. The topological polar surface area (TPSA) is 30.7 Å². The van der Waals surface area contributed by atoms with E-state index in [9.17, 15) is 0 Å². The highest BCUT2D eigenvalue weighted by atomic mass is 15.0. The van der Waals surface area contributed by atoms with E-state index in [-0.39, 0.29) is 0 Å². The molecule has 2 aromatic rings. The Morgan fingerprint density at radius 1 is 1.38 bits per heavy atom. The van der Waals surface area contributed by atoms with E-state index in [1.54, 1.807) is 6.33 Å². The van der Waals surface area contributed by atoms with E-state index in [0.717, 1.165) is 17.8 Å². The third-order valence-corrected chi connectivity index (χ3v) is 2.36. The number of fused-ring (bicyclic) bond motifs is 1. The van der Waals surface area contributed by atoms with Gasteiger partial charge in [-0.1, -0.05) is 6.92 Å². The first-order valence-corrected chi connectivity index (χ1v) is 4.49. The predicted molar refractivity (Wildman–Crippen MR) is 52.6 cm³/mol. The monoisotopic (exact) mass is 175 g/mol. The Hall–Kier alpha value is -1.38. The van der Waals surface area contributed by atoms with E-state index >= 15 is 0 Å². The third kappa shape index (κ3) is 1.11. The first-order valence-electron chi connectivity index (χ1n) is 4.49. The lowest BCUT2D eigenvalue weighted by molar-refractivity contribution is 0.933. The molecule has 3 nitrogen and oxygen atoms in total. The maximum Gasteiger partial charge on any atom is 0.143 e. The summed E-state index contributed by atoms with van der Waals surface area (Å²) in [6.07, 6.45) is 4.70. The maximum absolute atomic E-state index is 4.28. The molecule has 2 heterocycles. The Balaban J connectivity index is 2.88. The quantitative estimate of drug-likeness (QED) is 0.662. The van der Waals surface area contributed by atoms with Crippen LogP contribution in [-0.4, -0.2) is 14.5 Å². The third-order valence-electron chi connectivity index (χ3n) is 2.36. The summed E-state index contributed by atoms with van der Waals surface area (Å²) < 4.78 is 2.05. The van der Waals surface area contributed by atoms with Crippen LogP contribution in [0.25, 0.3) is 11.0 Å². The van der Waals surface area contributed by atoms with E-state index in [1.807, 2.05) is 11.6 Å². The molecule has 2 rings (SSSR count). The van der Waals surface area contributed by atoms with Crippen LogP contribution in [0.2, 0.25) is 0 Å². The molecule has 0 aromatic carbocycles. The number of aryl methyl sites for hydroxylation is 3. The molecular formula is C10H13N3. The Kier molecular flexibility index (Phi) is 1.79. The zero-order chi connectivity index (χ0) is 9.42. The zero-order valence-electron chi connectivity index (χ0n) is 8.20. The molecule has 0 aliphatic rings. The smallest absolute Gasteiger partial charge is 0.143 e. The molecular weight excluding hydrogens is 162 g/mol. The average Bonchev–Trinajstić information content (AvgIpc) is 2.43. The first kappa shape index (κ1) is 8.23. The largest absolute Gasteiger partial charge is 0.335 e. The van der Waals surface area contributed by atoms with Crippen LogP contribution >= 0.6 is 0 Å². The summed E-state index contributed by atoms with van der Waals surface area (Å²) in [6, 6.07) is 0. The lowest BCUT2D eigenvalue weighted by Crippen LogP contribution is -1.93. The number of nitrogens with zero attached hydrogens (tertiary/aromatic N) is 3. The molecule has 0 N–H and O–H groups in total. The molecule has 68 valence electrons. The van der Waals surface area contributed by atoms with E-state index in [0.29, 0.717) is 0 Å². The van der Waals surface area contributed by atoms with Gasteiger partial charge in [-0.05, 0) is 18.9 Å². The van der Waals surface area contributed by atoms with Crippen molar-refractivity contribution in [2.75, 3.05) is 0 Å². The highest BCUT2D eigenvalue weighted by molar-refractivity contribution is 5.82. The highest BCUT2D eigenvalue weighted by Gasteiger charge is 2.08. The van der Waals surface area contributed by atoms with Gasteiger partial charge < -0.3 is 4.57 Å². The van der Waals surface area contributed by atoms with Gasteiger partial charge in [0.2, 0.25) is 0 Å². The molecule has 0 atom stereocenters. The number of rotatable bonds is 1. The van der Waals surface area contributed by atoms with Crippen molar-refractivity contribution < 1.29 is 0 Å². The molecule has 0 aliphatic carbocycles. The second kappa shape index (κ2) is 2.83. The summed E-state index contributed by atoms with van der Waals surface area (Å²) in [6.45, 7) is 4.22. The Bertz CT molecular complexity index is 443. The Morgan fingerprint density at radius 3 is 2.85 bits per heavy atom. The zero-order valence-corrected chi connectivity index (χ0v) is 8.20. The van der Waals surface area contributed by atoms with Crippen LogP contribution in [0.15, 0.2) is 12.5 Å². The fourth-order valence-corrected chi connectivity index (χ4v) is 1.77. The number of hydrogen-bond acceptors (Lipinski definition) is 2. The predicted octanol–water partition coefficient (Wildman–Crippen LogP) is 1.84. The summed E-state index contributed by atoms with van der Waals surface area (Å²) >= 11 is 0. The summed E-state index contributed by atoms with van der Waals surface area (Å²) in [5, 5.41) is 1.22. The molecule has 13 heavy (non-hydrogen) atoms. The molecule has 2 aromatic heterocycles. The van der Waals surface area contributed by atoms with Crippen molar-refractivity contribution in [3.63, 3.8) is 0 Å². The van der Waals surface area contributed by atoms with Crippen molar-refractivity contribution in [3.8, 4) is 0 Å². The van der Waals surface area contributed by atoms with E-state index in [4.69, 9.17) is 0 Å². The van der Waals surface area contributed by atoms with Crippen molar-refractivity contribution in [2.45, 2.75) is 20.3 Å². The fourth-order valence-electron chi connectivity index (χ4n) is 1.77. The van der Waals surface area contributed by atoms with Gasteiger partial charge in [0.15, 0.2) is 0 Å². The summed E-state index contributed by atoms with van der Waals surface area (Å²) in [5.74, 6) is 0. The van der Waals surface area contributed by atoms with Gasteiger partial charge in [0.05, 0.1) is 5.69 Å². The molecule has 0 bridgehead atoms. The van der Waals surface area contributed by atoms with Gasteiger partial charge in [-0.15, -0.1) is 0 Å². The second-order valence-corrected chi connectivity index (χ2v) is 3.30. The van der Waals surface area contributed by atoms with E-state index < -0.39 is 0 Å². The molecule has 3 heteroatoms. The minimum atomic E-state index is 0.962. The summed E-state index contributed by atoms with van der Waals surface area (Å²) in [5.41, 5.74) is 3.43. The van der Waals surface area contributed by atoms with Crippen molar-refractivity contribution in [2.24, 2.45) is 7.05 Å². The molecule has 0 radical (unpaired) electrons. The van der Waals surface area contributed by atoms with Crippen LogP contribution < -0.4 is 0 Å². The van der Waals surface area contributed by atoms with Crippen LogP contribution in [0.1, 0.15) is 18.2 Å². The minimum absolute atomic E-state index is 0.962. The normalized spacial score (nSPS) is 11.0. The molecule has 0 spiro atoms. The van der Waals surface area contributed by atoms with E-state index in [2.05, 4.69) is 30.0 Å². The van der Waals surface area contributed by atoms with Crippen LogP contribution in [0, 0.1) is 6.92 Å². The van der Waals surface area contributed by atoms with Crippen LogP contribution in [0.5, 0.6) is 0 Å². The first-order chi connectivity index (χ1) is 6.24. The van der Waals surface area contributed by atoms with Gasteiger partial charge in [-0.3, -0.25) is 0 Å². The summed E-state index contributed by atoms with van der Waals surface area (Å²) in [4.78, 5) is 8.54. The van der Waals surface area contributed by atoms with Crippen LogP contribution in [-0.2, 0) is 13.5 Å². The highest BCUT2D eigenvalue weighted by Crippen LogP contribution is 2.20. The minimum Gasteiger partial charge on any atom is -0.335 e. The van der Waals surface area contributed by atoms with E-state index in [1.165, 1.54) is 10.9 Å². The Morgan fingerprint density at radius 2 is 2.15 bits per heavy atom. The number of aromatic nitrogens is 3. The standard InChI is InChI=1S/C10H13N3/c1-4-8-9-7(2)5-13(3)10(9)12-6-11-8/h5-6H,4H2,1-3H3. The van der Waals surface area contributed by atoms with Gasteiger partial charge in [0.25, 0.3) is 0 Å². The van der Waals surface area contributed by atoms with Crippen molar-refractivity contribution >= 4 is 11.0 Å². The van der Waals surface area contributed by atoms with Gasteiger partial charge in [0, 0.05) is 18.6 Å². The van der Waals surface area contributed by atoms with Gasteiger partial charge in [-0.2, -0.15) is 0 Å². The second-order valence-electron chi connectivity index (χ2n) is 3.30. The van der Waals surface area contributed by atoms with Crippen molar-refractivity contribution in [1.82, 2.24) is 14.5 Å². The van der Waals surface area contributed by atoms with Gasteiger partial charge in [0.1, 0.15) is 12.0 Å². The molecule has 0 aliphatic heterocycles. The molecule has 0 unspecified atom stereocenters. The maximum atomic E-state index is 4.28. The molecule has 0 saturated carbocycles. The molecule has 0 amide bonds. The molecule has 0 saturated heterocycles. The SMILES string of the molecule is CCc1ncnc2c1c(C)cn2C. The van der Waals surface area contributed by atoms with Crippen LogP contribution in [0.4, 0.5) is 0 Å². The summed E-state index contributed by atoms with van der Waals surface area (Å²) in [7, 11) is 2.02. The van der Waals surface area contributed by atoms with Crippen molar-refractivity contribution in [1.29, 1.82) is 0 Å². The van der Waals surface area contributed by atoms with Crippen LogP contribution in [0.3, 0.4) is 0 Å². The lowest BCUT2D eigenvalue weighted by Gasteiger charge is -1.99. The van der Waals surface area contributed by atoms with Crippen molar-refractivity contribution in [3.05, 3.63) is 23.8 Å². The average molecular weight is 175 g/mol. The number of hydrogen-bond donors (Lipinski definition) is 0. The van der Waals surface area contributed by atoms with Gasteiger partial charge >= 0.3 is 0 Å². The Labute approximate surface area is 77.4 Å². The van der Waals surface area contributed by atoms with Gasteiger partial charge in [-0.25, -0.2) is 9.97 Å². The fraction of sp³-hybridized carbons (Fsp3) is 0.400. The lowest BCUT2D eigenvalue weighted by atomic mass is 10.2.